The first kappa shape index (κ1) is 35.0. The summed E-state index contributed by atoms with van der Waals surface area (Å²) >= 11 is 6.44. The van der Waals surface area contributed by atoms with Crippen LogP contribution in [0.1, 0.15) is 55.4 Å². The molecule has 2 N–H and O–H groups in total. The van der Waals surface area contributed by atoms with E-state index in [1.807, 2.05) is 54.0 Å². The molecule has 6 rings (SSSR count). The predicted octanol–water partition coefficient (Wildman–Crippen LogP) is 5.09. The third-order valence-corrected chi connectivity index (χ3v) is 10.8. The number of carbonyl (C=O) groups excluding carboxylic acids is 3. The molecule has 4 amide bonds. The second-order valence-electron chi connectivity index (χ2n) is 13.2. The molecule has 0 aromatic heterocycles. The molecule has 1 atom stereocenters. The fraction of sp³-hybridized carbons (Fsp3) is 0.583. The molecule has 0 bridgehead atoms. The zero-order chi connectivity index (χ0) is 32.2. The minimum atomic E-state index is -0.925. The predicted molar refractivity (Wildman–Crippen MR) is 186 cm³/mol. The molecule has 2 aromatic carbocycles. The summed E-state index contributed by atoms with van der Waals surface area (Å²) < 4.78 is 6.07. The topological polar surface area (TPSA) is 97.5 Å². The Labute approximate surface area is 284 Å². The number of halogens is 1. The number of nitrogens with zero attached hydrogens (tertiary/aromatic N) is 4. The summed E-state index contributed by atoms with van der Waals surface area (Å²) in [6, 6.07) is 12.4. The highest BCUT2D eigenvalue weighted by atomic mass is 35.5. The van der Waals surface area contributed by atoms with E-state index in [9.17, 15) is 14.4 Å². The Bertz CT molecular complexity index is 1390. The number of rotatable bonds is 6. The van der Waals surface area contributed by atoms with Crippen LogP contribution >= 0.6 is 11.6 Å². The van der Waals surface area contributed by atoms with Crippen LogP contribution in [0.4, 0.5) is 15.3 Å². The van der Waals surface area contributed by atoms with Gasteiger partial charge in [-0.2, -0.15) is 0 Å². The standard InChI is InChI=1S/C35H47ClN6O4.CH4/c1-24-21-26(22-25(2)32(24)36)23-31(33(43)40-19-17-39(18-20-40)28-7-12-37-13-8-28)46-35(45)41-14-10-29(11-15-41)42-16-9-27-5-3-4-6-30(27)38-34(42)44;/h3-6,21-22,28-29,31,37H,7-20,23H2,1-2H3,(H,38,44);1H4/t31-;/m1./s1. The van der Waals surface area contributed by atoms with Crippen LogP contribution in [0.25, 0.3) is 0 Å². The third-order valence-electron chi connectivity index (χ3n) is 10.2. The smallest absolute Gasteiger partial charge is 0.410 e. The quantitative estimate of drug-likeness (QED) is 0.446. The first-order valence-corrected chi connectivity index (χ1v) is 17.2. The van der Waals surface area contributed by atoms with E-state index in [0.29, 0.717) is 63.1 Å². The number of para-hydroxylation sites is 1. The van der Waals surface area contributed by atoms with Gasteiger partial charge in [0.2, 0.25) is 0 Å². The van der Waals surface area contributed by atoms with E-state index in [2.05, 4.69) is 21.6 Å². The molecule has 4 heterocycles. The SMILES string of the molecule is C.Cc1cc(C[C@@H](OC(=O)N2CCC(N3CCc4ccccc4NC3=O)CC2)C(=O)N2CCN(C3CCNCC3)CC2)cc(C)c1Cl. The van der Waals surface area contributed by atoms with E-state index >= 15 is 0 Å². The van der Waals surface area contributed by atoms with E-state index in [-0.39, 0.29) is 25.4 Å². The highest BCUT2D eigenvalue weighted by Crippen LogP contribution is 2.27. The van der Waals surface area contributed by atoms with Crippen molar-refractivity contribution in [2.75, 3.05) is 64.2 Å². The number of piperidine rings is 2. The lowest BCUT2D eigenvalue weighted by Gasteiger charge is -2.41. The number of aryl methyl sites for hydroxylation is 2. The zero-order valence-corrected chi connectivity index (χ0v) is 27.9. The minimum Gasteiger partial charge on any atom is -0.436 e. The van der Waals surface area contributed by atoms with Gasteiger partial charge in [-0.15, -0.1) is 0 Å². The van der Waals surface area contributed by atoms with E-state index < -0.39 is 12.2 Å². The van der Waals surface area contributed by atoms with Crippen molar-refractivity contribution in [3.63, 3.8) is 0 Å². The molecule has 47 heavy (non-hydrogen) atoms. The second-order valence-corrected chi connectivity index (χ2v) is 13.6. The number of piperazine rings is 1. The van der Waals surface area contributed by atoms with Gasteiger partial charge < -0.3 is 30.1 Å². The number of anilines is 1. The summed E-state index contributed by atoms with van der Waals surface area (Å²) in [5, 5.41) is 7.20. The number of benzene rings is 2. The van der Waals surface area contributed by atoms with Crippen LogP contribution in [0.2, 0.25) is 5.02 Å². The molecule has 4 aliphatic heterocycles. The zero-order valence-electron chi connectivity index (χ0n) is 27.1. The molecule has 3 fully saturated rings. The molecule has 256 valence electrons. The van der Waals surface area contributed by atoms with Crippen LogP contribution in [0.15, 0.2) is 36.4 Å². The number of nitrogens with one attached hydrogen (secondary N) is 2. The van der Waals surface area contributed by atoms with Crippen molar-refractivity contribution in [1.82, 2.24) is 24.9 Å². The molecule has 2 aromatic rings. The molecule has 11 heteroatoms. The molecule has 0 spiro atoms. The summed E-state index contributed by atoms with van der Waals surface area (Å²) in [5.74, 6) is -0.140. The van der Waals surface area contributed by atoms with Gasteiger partial charge in [-0.3, -0.25) is 9.69 Å². The fourth-order valence-corrected chi connectivity index (χ4v) is 7.63. The Kier molecular flexibility index (Phi) is 11.7. The van der Waals surface area contributed by atoms with Gasteiger partial charge in [0.05, 0.1) is 0 Å². The summed E-state index contributed by atoms with van der Waals surface area (Å²) in [6.07, 6.45) is 3.27. The number of amides is 4. The molecule has 3 saturated heterocycles. The van der Waals surface area contributed by atoms with E-state index in [0.717, 1.165) is 73.4 Å². The maximum Gasteiger partial charge on any atom is 0.410 e. The average molecular weight is 667 g/mol. The molecule has 0 aliphatic carbocycles. The molecular weight excluding hydrogens is 616 g/mol. The normalized spacial score (nSPS) is 20.5. The Morgan fingerprint density at radius 3 is 2.23 bits per heavy atom. The van der Waals surface area contributed by atoms with Crippen molar-refractivity contribution in [2.24, 2.45) is 0 Å². The van der Waals surface area contributed by atoms with Crippen LogP contribution in [0, 0.1) is 13.8 Å². The van der Waals surface area contributed by atoms with Crippen LogP contribution in [-0.2, 0) is 22.4 Å². The van der Waals surface area contributed by atoms with Gasteiger partial charge in [-0.25, -0.2) is 9.59 Å². The highest BCUT2D eigenvalue weighted by molar-refractivity contribution is 6.32. The third kappa shape index (κ3) is 8.21. The van der Waals surface area contributed by atoms with Crippen molar-refractivity contribution < 1.29 is 19.1 Å². The van der Waals surface area contributed by atoms with E-state index in [1.54, 1.807) is 4.90 Å². The summed E-state index contributed by atoms with van der Waals surface area (Å²) in [7, 11) is 0. The average Bonchev–Trinajstić information content (AvgIpc) is 3.25. The van der Waals surface area contributed by atoms with E-state index in [4.69, 9.17) is 16.3 Å². The molecule has 0 unspecified atom stereocenters. The van der Waals surface area contributed by atoms with Crippen LogP contribution in [0.5, 0.6) is 0 Å². The lowest BCUT2D eigenvalue weighted by Crippen LogP contribution is -2.56. The Morgan fingerprint density at radius 1 is 0.894 bits per heavy atom. The molecule has 0 saturated carbocycles. The number of hydrogen-bond donors (Lipinski definition) is 2. The maximum absolute atomic E-state index is 14.0. The van der Waals surface area contributed by atoms with Gasteiger partial charge in [0.25, 0.3) is 5.91 Å². The summed E-state index contributed by atoms with van der Waals surface area (Å²) in [5.41, 5.74) is 4.80. The second kappa shape index (κ2) is 15.7. The summed E-state index contributed by atoms with van der Waals surface area (Å²) in [4.78, 5) is 48.6. The van der Waals surface area contributed by atoms with Gasteiger partial charge in [0.1, 0.15) is 0 Å². The molecule has 0 radical (unpaired) electrons. The number of fused-ring (bicyclic) bond motifs is 1. The number of hydrogen-bond acceptors (Lipinski definition) is 6. The number of ether oxygens (including phenoxy) is 1. The molecule has 10 nitrogen and oxygen atoms in total. The minimum absolute atomic E-state index is 0. The van der Waals surface area contributed by atoms with E-state index in [1.165, 1.54) is 0 Å². The monoisotopic (exact) mass is 666 g/mol. The lowest BCUT2D eigenvalue weighted by molar-refractivity contribution is -0.143. The van der Waals surface area contributed by atoms with Crippen molar-refractivity contribution in [3.8, 4) is 0 Å². The first-order valence-electron chi connectivity index (χ1n) is 16.9. The van der Waals surface area contributed by atoms with Crippen LogP contribution in [0.3, 0.4) is 0 Å². The molecular formula is C36H51ClN6O4. The van der Waals surface area contributed by atoms with Crippen LogP contribution in [-0.4, -0.2) is 115 Å². The number of likely N-dealkylation sites (tertiary alicyclic amines) is 1. The Hall–Kier alpha value is -3.34. The molecule has 4 aliphatic rings. The van der Waals surface area contributed by atoms with Gasteiger partial charge in [0.15, 0.2) is 6.10 Å². The lowest BCUT2D eigenvalue weighted by atomic mass is 10.0. The van der Waals surface area contributed by atoms with Crippen molar-refractivity contribution >= 4 is 35.3 Å². The van der Waals surface area contributed by atoms with Gasteiger partial charge in [-0.05, 0) is 87.4 Å². The number of carbonyl (C=O) groups is 3. The van der Waals surface area contributed by atoms with Crippen molar-refractivity contribution in [2.45, 2.75) is 78.0 Å². The van der Waals surface area contributed by atoms with Gasteiger partial charge >= 0.3 is 12.1 Å². The summed E-state index contributed by atoms with van der Waals surface area (Å²) in [6.45, 7) is 10.5. The van der Waals surface area contributed by atoms with Gasteiger partial charge in [0, 0.05) is 75.0 Å². The Balaban J connectivity index is 0.00000433. The maximum atomic E-state index is 14.0. The Morgan fingerprint density at radius 2 is 1.55 bits per heavy atom. The first-order chi connectivity index (χ1) is 22.3. The van der Waals surface area contributed by atoms with Crippen molar-refractivity contribution in [3.05, 3.63) is 63.7 Å². The number of urea groups is 1. The van der Waals surface area contributed by atoms with Crippen LogP contribution < -0.4 is 10.6 Å². The van der Waals surface area contributed by atoms with Gasteiger partial charge in [-0.1, -0.05) is 49.4 Å². The van der Waals surface area contributed by atoms with Crippen molar-refractivity contribution in [1.29, 1.82) is 0 Å². The fourth-order valence-electron chi connectivity index (χ4n) is 7.52. The highest BCUT2D eigenvalue weighted by Gasteiger charge is 2.36. The largest absolute Gasteiger partial charge is 0.436 e.